The number of rotatable bonds is 4. The van der Waals surface area contributed by atoms with Crippen molar-refractivity contribution in [2.45, 2.75) is 45.2 Å². The van der Waals surface area contributed by atoms with Crippen LogP contribution < -0.4 is 10.5 Å². The van der Waals surface area contributed by atoms with Crippen LogP contribution in [0.15, 0.2) is 18.2 Å². The third kappa shape index (κ3) is 3.73. The van der Waals surface area contributed by atoms with Gasteiger partial charge in [-0.1, -0.05) is 25.0 Å². The number of carbonyl (C=O) groups excluding carboxylic acids is 1. The average Bonchev–Trinajstić information content (AvgIpc) is 2.46. The summed E-state index contributed by atoms with van der Waals surface area (Å²) in [4.78, 5) is 14.1. The molecule has 1 aromatic rings. The van der Waals surface area contributed by atoms with Crippen molar-refractivity contribution >= 4 is 5.91 Å². The summed E-state index contributed by atoms with van der Waals surface area (Å²) < 4.78 is 5.35. The van der Waals surface area contributed by atoms with Crippen LogP contribution in [0.4, 0.5) is 0 Å². The minimum atomic E-state index is 0.270. The fraction of sp³-hybridized carbons (Fsp3) is 0.562. The van der Waals surface area contributed by atoms with E-state index in [9.17, 15) is 4.79 Å². The monoisotopic (exact) mass is 276 g/mol. The summed E-state index contributed by atoms with van der Waals surface area (Å²) in [6.45, 7) is 1.99. The van der Waals surface area contributed by atoms with Gasteiger partial charge >= 0.3 is 0 Å². The van der Waals surface area contributed by atoms with Gasteiger partial charge in [-0.3, -0.25) is 4.79 Å². The first-order valence-corrected chi connectivity index (χ1v) is 7.38. The smallest absolute Gasteiger partial charge is 0.222 e. The van der Waals surface area contributed by atoms with E-state index in [4.69, 9.17) is 10.5 Å². The highest BCUT2D eigenvalue weighted by atomic mass is 16.5. The van der Waals surface area contributed by atoms with Crippen LogP contribution in [0.25, 0.3) is 0 Å². The molecule has 2 N–H and O–H groups in total. The molecule has 1 aromatic carbocycles. The van der Waals surface area contributed by atoms with E-state index in [1.165, 1.54) is 12.8 Å². The molecule has 1 saturated heterocycles. The molecule has 110 valence electrons. The number of amides is 1. The average molecular weight is 276 g/mol. The number of nitrogens with two attached hydrogens (primary N) is 1. The Hall–Kier alpha value is -1.55. The number of carbonyl (C=O) groups is 1. The Balaban J connectivity index is 2.09. The first-order chi connectivity index (χ1) is 9.74. The van der Waals surface area contributed by atoms with Crippen molar-refractivity contribution in [1.82, 2.24) is 4.90 Å². The predicted octanol–water partition coefficient (Wildman–Crippen LogP) is 2.45. The second-order valence-corrected chi connectivity index (χ2v) is 5.33. The summed E-state index contributed by atoms with van der Waals surface area (Å²) in [6.07, 6.45) is 5.20. The largest absolute Gasteiger partial charge is 0.496 e. The Kier molecular flexibility index (Phi) is 5.41. The summed E-state index contributed by atoms with van der Waals surface area (Å²) >= 11 is 0. The summed E-state index contributed by atoms with van der Waals surface area (Å²) in [5, 5.41) is 0. The standard InChI is InChI=1S/C16H24N2O2/c1-20-15-10-13(7-8-14(15)11-17)12-18-9-5-3-2-4-6-16(18)19/h7-8,10H,2-6,9,11-12,17H2,1H3. The molecule has 1 aliphatic rings. The molecule has 1 heterocycles. The molecule has 1 aliphatic heterocycles. The molecule has 1 amide bonds. The van der Waals surface area contributed by atoms with Crippen molar-refractivity contribution in [1.29, 1.82) is 0 Å². The predicted molar refractivity (Wildman–Crippen MR) is 79.4 cm³/mol. The molecule has 0 spiro atoms. The molecule has 2 rings (SSSR count). The molecule has 4 heteroatoms. The van der Waals surface area contributed by atoms with Gasteiger partial charge in [-0.2, -0.15) is 0 Å². The zero-order chi connectivity index (χ0) is 14.4. The Morgan fingerprint density at radius 2 is 2.05 bits per heavy atom. The van der Waals surface area contributed by atoms with Crippen molar-refractivity contribution in [2.24, 2.45) is 5.73 Å². The van der Waals surface area contributed by atoms with Gasteiger partial charge in [-0.05, 0) is 24.5 Å². The Morgan fingerprint density at radius 3 is 2.80 bits per heavy atom. The van der Waals surface area contributed by atoms with Crippen molar-refractivity contribution in [3.63, 3.8) is 0 Å². The van der Waals surface area contributed by atoms with E-state index in [1.54, 1.807) is 7.11 Å². The lowest BCUT2D eigenvalue weighted by atomic mass is 10.1. The quantitative estimate of drug-likeness (QED) is 0.919. The molecule has 0 aliphatic carbocycles. The van der Waals surface area contributed by atoms with Crippen LogP contribution >= 0.6 is 0 Å². The maximum absolute atomic E-state index is 12.1. The van der Waals surface area contributed by atoms with Crippen LogP contribution in [0.1, 0.15) is 43.2 Å². The van der Waals surface area contributed by atoms with Gasteiger partial charge < -0.3 is 15.4 Å². The summed E-state index contributed by atoms with van der Waals surface area (Å²) in [5.74, 6) is 1.08. The van der Waals surface area contributed by atoms with E-state index < -0.39 is 0 Å². The van der Waals surface area contributed by atoms with E-state index in [-0.39, 0.29) is 5.91 Å². The number of methoxy groups -OCH3 is 1. The van der Waals surface area contributed by atoms with Gasteiger partial charge in [0, 0.05) is 31.6 Å². The lowest BCUT2D eigenvalue weighted by Crippen LogP contribution is -2.32. The van der Waals surface area contributed by atoms with E-state index in [0.29, 0.717) is 19.5 Å². The van der Waals surface area contributed by atoms with Gasteiger partial charge in [0.2, 0.25) is 5.91 Å². The van der Waals surface area contributed by atoms with Crippen LogP contribution in [0, 0.1) is 0 Å². The lowest BCUT2D eigenvalue weighted by Gasteiger charge is -2.25. The number of ether oxygens (including phenoxy) is 1. The molecule has 0 saturated carbocycles. The van der Waals surface area contributed by atoms with Crippen LogP contribution in [-0.4, -0.2) is 24.5 Å². The van der Waals surface area contributed by atoms with Gasteiger partial charge in [0.1, 0.15) is 5.75 Å². The number of benzene rings is 1. The highest BCUT2D eigenvalue weighted by Crippen LogP contribution is 2.22. The second-order valence-electron chi connectivity index (χ2n) is 5.33. The van der Waals surface area contributed by atoms with Gasteiger partial charge in [0.25, 0.3) is 0 Å². The molecular formula is C16H24N2O2. The van der Waals surface area contributed by atoms with Gasteiger partial charge in [0.15, 0.2) is 0 Å². The molecule has 4 nitrogen and oxygen atoms in total. The van der Waals surface area contributed by atoms with E-state index in [1.807, 2.05) is 23.1 Å². The number of nitrogens with zero attached hydrogens (tertiary/aromatic N) is 1. The Bertz CT molecular complexity index is 460. The van der Waals surface area contributed by atoms with E-state index >= 15 is 0 Å². The number of likely N-dealkylation sites (tertiary alicyclic amines) is 1. The molecule has 20 heavy (non-hydrogen) atoms. The van der Waals surface area contributed by atoms with Crippen LogP contribution in [0.3, 0.4) is 0 Å². The SMILES string of the molecule is COc1cc(CN2CCCCCCC2=O)ccc1CN. The summed E-state index contributed by atoms with van der Waals surface area (Å²) in [7, 11) is 1.65. The van der Waals surface area contributed by atoms with Crippen LogP contribution in [0.2, 0.25) is 0 Å². The molecule has 1 fully saturated rings. The van der Waals surface area contributed by atoms with Gasteiger partial charge in [-0.25, -0.2) is 0 Å². The molecule has 0 bridgehead atoms. The first kappa shape index (κ1) is 14.9. The number of hydrogen-bond donors (Lipinski definition) is 1. The van der Waals surface area contributed by atoms with Gasteiger partial charge in [-0.15, -0.1) is 0 Å². The zero-order valence-corrected chi connectivity index (χ0v) is 12.2. The maximum Gasteiger partial charge on any atom is 0.222 e. The fourth-order valence-electron chi connectivity index (χ4n) is 2.66. The highest BCUT2D eigenvalue weighted by Gasteiger charge is 2.16. The molecule has 0 radical (unpaired) electrons. The zero-order valence-electron chi connectivity index (χ0n) is 12.2. The molecule has 0 atom stereocenters. The topological polar surface area (TPSA) is 55.6 Å². The fourth-order valence-corrected chi connectivity index (χ4v) is 2.66. The molecular weight excluding hydrogens is 252 g/mol. The first-order valence-electron chi connectivity index (χ1n) is 7.38. The summed E-state index contributed by atoms with van der Waals surface area (Å²) in [5.41, 5.74) is 7.78. The Labute approximate surface area is 120 Å². The minimum absolute atomic E-state index is 0.270. The van der Waals surface area contributed by atoms with Crippen LogP contribution in [0.5, 0.6) is 5.75 Å². The van der Waals surface area contributed by atoms with Gasteiger partial charge in [0.05, 0.1) is 7.11 Å². The van der Waals surface area contributed by atoms with Crippen molar-refractivity contribution in [3.05, 3.63) is 29.3 Å². The van der Waals surface area contributed by atoms with Crippen molar-refractivity contribution in [2.75, 3.05) is 13.7 Å². The summed E-state index contributed by atoms with van der Waals surface area (Å²) in [6, 6.07) is 6.02. The maximum atomic E-state index is 12.1. The normalized spacial score (nSPS) is 16.7. The minimum Gasteiger partial charge on any atom is -0.496 e. The third-order valence-corrected chi connectivity index (χ3v) is 3.87. The molecule has 0 aromatic heterocycles. The van der Waals surface area contributed by atoms with Crippen molar-refractivity contribution < 1.29 is 9.53 Å². The molecule has 0 unspecified atom stereocenters. The third-order valence-electron chi connectivity index (χ3n) is 3.87. The number of hydrogen-bond acceptors (Lipinski definition) is 3. The van der Waals surface area contributed by atoms with Crippen LogP contribution in [-0.2, 0) is 17.9 Å². The lowest BCUT2D eigenvalue weighted by molar-refractivity contribution is -0.132. The second kappa shape index (κ2) is 7.29. The Morgan fingerprint density at radius 1 is 1.25 bits per heavy atom. The van der Waals surface area contributed by atoms with E-state index in [0.717, 1.165) is 36.3 Å². The highest BCUT2D eigenvalue weighted by molar-refractivity contribution is 5.76. The van der Waals surface area contributed by atoms with Crippen molar-refractivity contribution in [3.8, 4) is 5.75 Å². The van der Waals surface area contributed by atoms with E-state index in [2.05, 4.69) is 0 Å².